The van der Waals surface area contributed by atoms with Gasteiger partial charge in [0.25, 0.3) is 5.56 Å². The van der Waals surface area contributed by atoms with Crippen LogP contribution in [0.1, 0.15) is 35.1 Å². The molecule has 0 N–H and O–H groups in total. The fourth-order valence-electron chi connectivity index (χ4n) is 3.94. The van der Waals surface area contributed by atoms with Crippen molar-refractivity contribution >= 4 is 16.9 Å². The van der Waals surface area contributed by atoms with Crippen molar-refractivity contribution in [2.45, 2.75) is 32.6 Å². The molecule has 1 aliphatic heterocycles. The molecule has 9 nitrogen and oxygen atoms in total. The van der Waals surface area contributed by atoms with E-state index in [0.29, 0.717) is 29.9 Å². The van der Waals surface area contributed by atoms with Crippen molar-refractivity contribution < 1.29 is 9.32 Å². The number of pyridine rings is 1. The molecule has 0 bridgehead atoms. The summed E-state index contributed by atoms with van der Waals surface area (Å²) in [5.74, 6) is 0.765. The number of nitrogens with zero attached hydrogens (tertiary/aromatic N) is 5. The van der Waals surface area contributed by atoms with Crippen molar-refractivity contribution in [1.82, 2.24) is 24.2 Å². The number of carbonyl (C=O) groups is 1. The van der Waals surface area contributed by atoms with E-state index in [1.165, 1.54) is 11.6 Å². The van der Waals surface area contributed by atoms with Crippen LogP contribution < -0.4 is 11.2 Å². The second-order valence-corrected chi connectivity index (χ2v) is 7.62. The Kier molecular flexibility index (Phi) is 4.60. The molecule has 3 aromatic heterocycles. The first kappa shape index (κ1) is 19.1. The van der Waals surface area contributed by atoms with Gasteiger partial charge in [-0.3, -0.25) is 18.7 Å². The van der Waals surface area contributed by atoms with Gasteiger partial charge >= 0.3 is 5.69 Å². The second kappa shape index (κ2) is 6.98. The maximum absolute atomic E-state index is 12.7. The predicted octanol–water partition coefficient (Wildman–Crippen LogP) is 0.796. The van der Waals surface area contributed by atoms with Crippen LogP contribution in [0.15, 0.2) is 26.2 Å². The van der Waals surface area contributed by atoms with Gasteiger partial charge in [0.05, 0.1) is 17.5 Å². The van der Waals surface area contributed by atoms with Crippen molar-refractivity contribution in [2.75, 3.05) is 13.1 Å². The highest BCUT2D eigenvalue weighted by molar-refractivity contribution is 5.79. The van der Waals surface area contributed by atoms with E-state index in [1.807, 2.05) is 24.8 Å². The van der Waals surface area contributed by atoms with Gasteiger partial charge in [-0.25, -0.2) is 9.78 Å². The summed E-state index contributed by atoms with van der Waals surface area (Å²) in [5.41, 5.74) is 1.97. The lowest BCUT2D eigenvalue weighted by Crippen LogP contribution is -2.37. The molecule has 1 amide bonds. The number of carbonyl (C=O) groups excluding carboxylic acids is 1. The Morgan fingerprint density at radius 1 is 1.21 bits per heavy atom. The summed E-state index contributed by atoms with van der Waals surface area (Å²) < 4.78 is 7.61. The number of fused-ring (bicyclic) bond motifs is 1. The lowest BCUT2D eigenvalue weighted by Gasteiger charge is -2.17. The molecule has 0 saturated carbocycles. The minimum absolute atomic E-state index is 0.0314. The highest BCUT2D eigenvalue weighted by Crippen LogP contribution is 2.27. The molecule has 1 aliphatic rings. The van der Waals surface area contributed by atoms with Crippen LogP contribution >= 0.6 is 0 Å². The van der Waals surface area contributed by atoms with Crippen LogP contribution in [-0.4, -0.2) is 43.2 Å². The molecule has 0 aromatic carbocycles. The Labute approximate surface area is 166 Å². The molecule has 1 fully saturated rings. The normalized spacial score (nSPS) is 16.7. The molecule has 29 heavy (non-hydrogen) atoms. The smallest absolute Gasteiger partial charge is 0.332 e. The third kappa shape index (κ3) is 3.16. The SMILES string of the molecule is Cc1noc(C)c1CC(=O)N1CC[C@H](c2ccc3c(=O)n(C)c(=O)n(C)c3n2)C1. The maximum Gasteiger partial charge on any atom is 0.332 e. The zero-order valence-corrected chi connectivity index (χ0v) is 16.9. The van der Waals surface area contributed by atoms with Crippen molar-refractivity contribution in [2.24, 2.45) is 14.1 Å². The van der Waals surface area contributed by atoms with Crippen LogP contribution in [0.4, 0.5) is 0 Å². The van der Waals surface area contributed by atoms with Crippen LogP contribution in [-0.2, 0) is 25.3 Å². The van der Waals surface area contributed by atoms with Gasteiger partial charge in [0.1, 0.15) is 11.4 Å². The van der Waals surface area contributed by atoms with Crippen molar-refractivity contribution in [3.05, 3.63) is 55.7 Å². The quantitative estimate of drug-likeness (QED) is 0.648. The third-order valence-electron chi connectivity index (χ3n) is 5.79. The molecule has 1 atom stereocenters. The van der Waals surface area contributed by atoms with E-state index in [-0.39, 0.29) is 23.8 Å². The summed E-state index contributed by atoms with van der Waals surface area (Å²) in [4.78, 5) is 43.7. The lowest BCUT2D eigenvalue weighted by molar-refractivity contribution is -0.129. The maximum atomic E-state index is 12.7. The molecule has 0 spiro atoms. The van der Waals surface area contributed by atoms with Crippen LogP contribution in [0, 0.1) is 13.8 Å². The summed E-state index contributed by atoms with van der Waals surface area (Å²) in [6, 6.07) is 3.54. The summed E-state index contributed by atoms with van der Waals surface area (Å²) in [7, 11) is 3.06. The third-order valence-corrected chi connectivity index (χ3v) is 5.79. The number of likely N-dealkylation sites (tertiary alicyclic amines) is 1. The average Bonchev–Trinajstić information content (AvgIpc) is 3.33. The minimum atomic E-state index is -0.408. The van der Waals surface area contributed by atoms with Crippen LogP contribution in [0.3, 0.4) is 0 Å². The van der Waals surface area contributed by atoms with E-state index < -0.39 is 5.69 Å². The number of rotatable bonds is 3. The first-order valence-electron chi connectivity index (χ1n) is 9.54. The number of aromatic nitrogens is 4. The van der Waals surface area contributed by atoms with E-state index in [0.717, 1.165) is 27.9 Å². The van der Waals surface area contributed by atoms with Gasteiger partial charge < -0.3 is 9.42 Å². The molecule has 4 heterocycles. The molecule has 1 saturated heterocycles. The first-order chi connectivity index (χ1) is 13.8. The monoisotopic (exact) mass is 397 g/mol. The summed E-state index contributed by atoms with van der Waals surface area (Å²) >= 11 is 0. The lowest BCUT2D eigenvalue weighted by atomic mass is 10.0. The summed E-state index contributed by atoms with van der Waals surface area (Å²) in [6.07, 6.45) is 1.05. The molecule has 3 aromatic rings. The summed E-state index contributed by atoms with van der Waals surface area (Å²) in [5, 5.41) is 4.31. The van der Waals surface area contributed by atoms with Crippen LogP contribution in [0.2, 0.25) is 0 Å². The van der Waals surface area contributed by atoms with Gasteiger partial charge in [-0.2, -0.15) is 0 Å². The first-order valence-corrected chi connectivity index (χ1v) is 9.54. The Morgan fingerprint density at radius 3 is 2.66 bits per heavy atom. The van der Waals surface area contributed by atoms with Crippen LogP contribution in [0.25, 0.3) is 11.0 Å². The molecule has 0 unspecified atom stereocenters. The minimum Gasteiger partial charge on any atom is -0.361 e. The molecule has 0 aliphatic carbocycles. The zero-order chi connectivity index (χ0) is 20.9. The Morgan fingerprint density at radius 2 is 1.97 bits per heavy atom. The summed E-state index contributed by atoms with van der Waals surface area (Å²) in [6.45, 7) is 4.84. The molecule has 4 rings (SSSR count). The Bertz CT molecular complexity index is 1220. The van der Waals surface area contributed by atoms with Gasteiger partial charge in [-0.05, 0) is 32.4 Å². The number of aryl methyl sites for hydroxylation is 3. The van der Waals surface area contributed by atoms with Crippen molar-refractivity contribution in [3.63, 3.8) is 0 Å². The average molecular weight is 397 g/mol. The van der Waals surface area contributed by atoms with Gasteiger partial charge in [-0.15, -0.1) is 0 Å². The Balaban J connectivity index is 1.58. The number of hydrogen-bond acceptors (Lipinski definition) is 6. The number of amides is 1. The fraction of sp³-hybridized carbons (Fsp3) is 0.450. The molecule has 9 heteroatoms. The van der Waals surface area contributed by atoms with Crippen LogP contribution in [0.5, 0.6) is 0 Å². The van der Waals surface area contributed by atoms with Gasteiger partial charge in [-0.1, -0.05) is 5.16 Å². The fourth-order valence-corrected chi connectivity index (χ4v) is 3.94. The Hall–Kier alpha value is -3.23. The van der Waals surface area contributed by atoms with Crippen molar-refractivity contribution in [1.29, 1.82) is 0 Å². The molecule has 152 valence electrons. The molecular weight excluding hydrogens is 374 g/mol. The standard InChI is InChI=1S/C20H23N5O4/c1-11-15(12(2)29-22-11)9-17(26)25-8-7-13(10-25)16-6-5-14-18(21-16)23(3)20(28)24(4)19(14)27/h5-6,13H,7-10H2,1-4H3/t13-/m0/s1. The van der Waals surface area contributed by atoms with Crippen molar-refractivity contribution in [3.8, 4) is 0 Å². The van der Waals surface area contributed by atoms with E-state index in [9.17, 15) is 14.4 Å². The topological polar surface area (TPSA) is 103 Å². The van der Waals surface area contributed by atoms with E-state index >= 15 is 0 Å². The second-order valence-electron chi connectivity index (χ2n) is 7.62. The zero-order valence-electron chi connectivity index (χ0n) is 16.9. The van der Waals surface area contributed by atoms with Gasteiger partial charge in [0.15, 0.2) is 0 Å². The van der Waals surface area contributed by atoms with E-state index in [1.54, 1.807) is 13.1 Å². The molecule has 0 radical (unpaired) electrons. The highest BCUT2D eigenvalue weighted by Gasteiger charge is 2.29. The largest absolute Gasteiger partial charge is 0.361 e. The van der Waals surface area contributed by atoms with E-state index in [2.05, 4.69) is 10.1 Å². The van der Waals surface area contributed by atoms with E-state index in [4.69, 9.17) is 4.52 Å². The van der Waals surface area contributed by atoms with Gasteiger partial charge in [0, 0.05) is 44.4 Å². The highest BCUT2D eigenvalue weighted by atomic mass is 16.5. The van der Waals surface area contributed by atoms with Gasteiger partial charge in [0.2, 0.25) is 5.91 Å². The molecular formula is C20H23N5O4. The number of hydrogen-bond donors (Lipinski definition) is 0. The predicted molar refractivity (Wildman–Crippen MR) is 106 cm³/mol.